The fraction of sp³-hybridized carbons (Fsp3) is 0.559. The van der Waals surface area contributed by atoms with Crippen molar-refractivity contribution >= 4 is 28.6 Å². The number of hydrogen-bond donors (Lipinski definition) is 2. The van der Waals surface area contributed by atoms with Crippen LogP contribution in [-0.2, 0) is 26.3 Å². The molecule has 1 unspecified atom stereocenters. The highest BCUT2D eigenvalue weighted by Crippen LogP contribution is 2.50. The van der Waals surface area contributed by atoms with Crippen LogP contribution in [0.2, 0.25) is 0 Å². The molecule has 5 rings (SSSR count). The third-order valence-corrected chi connectivity index (χ3v) is 9.52. The van der Waals surface area contributed by atoms with E-state index in [4.69, 9.17) is 0 Å². The maximum Gasteiger partial charge on any atom is 0.228 e. The number of benzene rings is 1. The highest BCUT2D eigenvalue weighted by atomic mass is 16.2. The highest BCUT2D eigenvalue weighted by molar-refractivity contribution is 5.93. The Kier molecular flexibility index (Phi) is 8.71. The Morgan fingerprint density at radius 1 is 1.07 bits per heavy atom. The van der Waals surface area contributed by atoms with Crippen molar-refractivity contribution in [1.82, 2.24) is 20.1 Å². The molecule has 3 aliphatic rings. The number of rotatable bonds is 8. The Hall–Kier alpha value is -3.35. The molecule has 2 aromatic rings. The van der Waals surface area contributed by atoms with Crippen LogP contribution in [0.15, 0.2) is 47.6 Å². The van der Waals surface area contributed by atoms with Gasteiger partial charge in [0, 0.05) is 55.1 Å². The van der Waals surface area contributed by atoms with Crippen molar-refractivity contribution in [2.45, 2.75) is 84.6 Å². The van der Waals surface area contributed by atoms with Crippen molar-refractivity contribution in [1.29, 1.82) is 0 Å². The van der Waals surface area contributed by atoms with Gasteiger partial charge in [0.05, 0.1) is 11.5 Å². The number of aromatic nitrogens is 1. The Morgan fingerprint density at radius 3 is 2.59 bits per heavy atom. The van der Waals surface area contributed by atoms with Gasteiger partial charge >= 0.3 is 0 Å². The van der Waals surface area contributed by atoms with Gasteiger partial charge in [0.1, 0.15) is 0 Å². The minimum atomic E-state index is -0.768. The number of H-pyrrole nitrogens is 1. The summed E-state index contributed by atoms with van der Waals surface area (Å²) >= 11 is 0. The van der Waals surface area contributed by atoms with Crippen molar-refractivity contribution in [2.24, 2.45) is 11.8 Å². The molecule has 3 aliphatic heterocycles. The third kappa shape index (κ3) is 5.86. The van der Waals surface area contributed by atoms with E-state index in [0.29, 0.717) is 19.5 Å². The zero-order valence-corrected chi connectivity index (χ0v) is 25.2. The van der Waals surface area contributed by atoms with E-state index in [1.807, 2.05) is 21.9 Å². The Balaban J connectivity index is 1.36. The van der Waals surface area contributed by atoms with Crippen LogP contribution >= 0.6 is 0 Å². The molecule has 220 valence electrons. The number of nitrogens with one attached hydrogen (secondary N) is 2. The molecule has 2 saturated heterocycles. The van der Waals surface area contributed by atoms with Gasteiger partial charge in [0.15, 0.2) is 0 Å². The molecule has 0 saturated carbocycles. The van der Waals surface area contributed by atoms with Crippen LogP contribution < -0.4 is 5.32 Å². The molecule has 3 amide bonds. The van der Waals surface area contributed by atoms with E-state index >= 15 is 0 Å². The minimum absolute atomic E-state index is 0.0110. The van der Waals surface area contributed by atoms with Crippen molar-refractivity contribution in [2.75, 3.05) is 26.2 Å². The van der Waals surface area contributed by atoms with Gasteiger partial charge in [-0.2, -0.15) is 0 Å². The van der Waals surface area contributed by atoms with E-state index in [9.17, 15) is 14.4 Å². The number of amides is 3. The van der Waals surface area contributed by atoms with Gasteiger partial charge in [-0.1, -0.05) is 41.5 Å². The van der Waals surface area contributed by atoms with Gasteiger partial charge in [-0.3, -0.25) is 14.4 Å². The number of fused-ring (bicyclic) bond motifs is 5. The van der Waals surface area contributed by atoms with Crippen molar-refractivity contribution in [3.8, 4) is 0 Å². The van der Waals surface area contributed by atoms with Crippen LogP contribution in [0, 0.1) is 11.8 Å². The normalized spacial score (nSPS) is 24.6. The molecule has 7 nitrogen and oxygen atoms in total. The summed E-state index contributed by atoms with van der Waals surface area (Å²) in [5.74, 6) is -0.927. The van der Waals surface area contributed by atoms with Gasteiger partial charge in [0.2, 0.25) is 17.7 Å². The second-order valence-corrected chi connectivity index (χ2v) is 12.7. The van der Waals surface area contributed by atoms with E-state index in [2.05, 4.69) is 62.3 Å². The maximum absolute atomic E-state index is 14.2. The first-order chi connectivity index (χ1) is 19.7. The minimum Gasteiger partial charge on any atom is -0.356 e. The highest BCUT2D eigenvalue weighted by Gasteiger charge is 2.57. The predicted molar refractivity (Wildman–Crippen MR) is 163 cm³/mol. The fourth-order valence-electron chi connectivity index (χ4n) is 7.19. The molecule has 4 heterocycles. The summed E-state index contributed by atoms with van der Waals surface area (Å²) in [4.78, 5) is 48.8. The van der Waals surface area contributed by atoms with Gasteiger partial charge in [-0.05, 0) is 84.3 Å². The maximum atomic E-state index is 14.2. The number of likely N-dealkylation sites (tertiary alicyclic amines) is 1. The molecule has 1 aromatic heterocycles. The lowest BCUT2D eigenvalue weighted by Gasteiger charge is -2.54. The van der Waals surface area contributed by atoms with Gasteiger partial charge < -0.3 is 20.1 Å². The average Bonchev–Trinajstić information content (AvgIpc) is 3.34. The number of hydrogen-bond acceptors (Lipinski definition) is 3. The first-order valence-corrected chi connectivity index (χ1v) is 15.5. The number of aromatic amines is 1. The third-order valence-electron chi connectivity index (χ3n) is 9.52. The second-order valence-electron chi connectivity index (χ2n) is 12.7. The lowest BCUT2D eigenvalue weighted by molar-refractivity contribution is -0.164. The first-order valence-electron chi connectivity index (χ1n) is 15.5. The van der Waals surface area contributed by atoms with E-state index < -0.39 is 17.4 Å². The van der Waals surface area contributed by atoms with Crippen molar-refractivity contribution < 1.29 is 14.4 Å². The molecule has 0 spiro atoms. The monoisotopic (exact) mass is 558 g/mol. The van der Waals surface area contributed by atoms with Gasteiger partial charge in [0.25, 0.3) is 0 Å². The van der Waals surface area contributed by atoms with Crippen LogP contribution in [0.1, 0.15) is 83.9 Å². The molecule has 3 atom stereocenters. The molecule has 2 fully saturated rings. The van der Waals surface area contributed by atoms with Gasteiger partial charge in [-0.15, -0.1) is 0 Å². The van der Waals surface area contributed by atoms with E-state index in [-0.39, 0.29) is 24.1 Å². The smallest absolute Gasteiger partial charge is 0.228 e. The quantitative estimate of drug-likeness (QED) is 0.413. The predicted octanol–water partition coefficient (Wildman–Crippen LogP) is 5.62. The van der Waals surface area contributed by atoms with Crippen LogP contribution in [0.3, 0.4) is 0 Å². The lowest BCUT2D eigenvalue weighted by Crippen LogP contribution is -2.64. The summed E-state index contributed by atoms with van der Waals surface area (Å²) in [6.45, 7) is 10.9. The second kappa shape index (κ2) is 12.3. The van der Waals surface area contributed by atoms with Crippen molar-refractivity contribution in [3.63, 3.8) is 0 Å². The molecule has 0 aliphatic carbocycles. The number of piperidine rings is 2. The number of allylic oxidation sites excluding steroid dienone is 3. The van der Waals surface area contributed by atoms with Crippen LogP contribution in [0.5, 0.6) is 0 Å². The standard InChI is InChI=1S/C34H46N4O3/c1-23(2)11-10-12-24(3)15-17-35-30(39)22-25-21-28(33(41)37-18-8-5-9-19-37)34(4)31-27(16-20-38(34)32(25)40)26-13-6-7-14-29(26)36-31/h6-7,11,13-15,25,28,36H,5,8-10,12,16-22H2,1-4H3,(H,35,39)/b24-15+/t25?,28-,34+/m1/s1. The fourth-order valence-corrected chi connectivity index (χ4v) is 7.19. The molecular formula is C34H46N4O3. The van der Waals surface area contributed by atoms with Gasteiger partial charge in [-0.25, -0.2) is 0 Å². The SMILES string of the molecule is CC(C)=CCC/C(C)=C/CNC(=O)CC1C[C@H](C(=O)N2CCCCC2)[C@@]2(C)c3[nH]c4ccccc4c3CCN2C1=O. The van der Waals surface area contributed by atoms with E-state index in [1.165, 1.54) is 22.1 Å². The Morgan fingerprint density at radius 2 is 1.83 bits per heavy atom. The summed E-state index contributed by atoms with van der Waals surface area (Å²) in [6, 6.07) is 8.25. The molecule has 7 heteroatoms. The molecule has 0 radical (unpaired) electrons. The molecule has 2 N–H and O–H groups in total. The first kappa shape index (κ1) is 29.2. The number of carbonyl (C=O) groups is 3. The van der Waals surface area contributed by atoms with Crippen LogP contribution in [0.4, 0.5) is 0 Å². The number of nitrogens with zero attached hydrogens (tertiary/aromatic N) is 2. The Labute approximate surface area is 244 Å². The van der Waals surface area contributed by atoms with Crippen LogP contribution in [0.25, 0.3) is 10.9 Å². The lowest BCUT2D eigenvalue weighted by atomic mass is 9.67. The largest absolute Gasteiger partial charge is 0.356 e. The molecule has 1 aromatic carbocycles. The van der Waals surface area contributed by atoms with Crippen LogP contribution in [-0.4, -0.2) is 58.7 Å². The zero-order valence-electron chi connectivity index (χ0n) is 25.2. The zero-order chi connectivity index (χ0) is 29.1. The summed E-state index contributed by atoms with van der Waals surface area (Å²) in [7, 11) is 0. The number of para-hydroxylation sites is 1. The molecule has 41 heavy (non-hydrogen) atoms. The van der Waals surface area contributed by atoms with E-state index in [0.717, 1.165) is 62.8 Å². The summed E-state index contributed by atoms with van der Waals surface area (Å²) < 4.78 is 0. The summed E-state index contributed by atoms with van der Waals surface area (Å²) in [5.41, 5.74) is 5.03. The molecule has 0 bridgehead atoms. The summed E-state index contributed by atoms with van der Waals surface area (Å²) in [6.07, 6.45) is 10.7. The van der Waals surface area contributed by atoms with Crippen molar-refractivity contribution in [3.05, 3.63) is 58.8 Å². The average molecular weight is 559 g/mol. The topological polar surface area (TPSA) is 85.5 Å². The molecular weight excluding hydrogens is 512 g/mol. The number of carbonyl (C=O) groups excluding carboxylic acids is 3. The summed E-state index contributed by atoms with van der Waals surface area (Å²) in [5, 5.41) is 4.17. The van der Waals surface area contributed by atoms with E-state index in [1.54, 1.807) is 0 Å². The Bertz CT molecular complexity index is 1360.